The summed E-state index contributed by atoms with van der Waals surface area (Å²) in [6, 6.07) is 10.5. The molecular weight excluding hydrogens is 578 g/mol. The number of amides is 1. The van der Waals surface area contributed by atoms with E-state index < -0.39 is 29.7 Å². The van der Waals surface area contributed by atoms with Crippen LogP contribution in [0.25, 0.3) is 0 Å². The lowest BCUT2D eigenvalue weighted by Gasteiger charge is -2.25. The fraction of sp³-hybridized carbons (Fsp3) is 0.292. The van der Waals surface area contributed by atoms with Gasteiger partial charge in [0.2, 0.25) is 0 Å². The fourth-order valence-electron chi connectivity index (χ4n) is 3.17. The van der Waals surface area contributed by atoms with E-state index >= 15 is 0 Å². The van der Waals surface area contributed by atoms with Crippen LogP contribution in [0.5, 0.6) is 0 Å². The molecule has 2 aromatic carbocycles. The monoisotopic (exact) mass is 602 g/mol. The summed E-state index contributed by atoms with van der Waals surface area (Å²) in [5.74, 6) is -1.92. The van der Waals surface area contributed by atoms with Gasteiger partial charge in [0.15, 0.2) is 0 Å². The molecule has 2 aromatic rings. The van der Waals surface area contributed by atoms with Crippen LogP contribution in [-0.2, 0) is 24.2 Å². The van der Waals surface area contributed by atoms with Crippen LogP contribution in [0.15, 0.2) is 62.7 Å². The number of aryl methyl sites for hydroxylation is 1. The van der Waals surface area contributed by atoms with Gasteiger partial charge in [0.1, 0.15) is 11.6 Å². The topological polar surface area (TPSA) is 61.4 Å². The molecule has 3 N–H and O–H groups in total. The number of thioether (sulfide) groups is 1. The Morgan fingerprint density at radius 2 is 1.85 bits per heavy atom. The van der Waals surface area contributed by atoms with Crippen molar-refractivity contribution in [2.45, 2.75) is 38.5 Å². The minimum atomic E-state index is -1.01. The van der Waals surface area contributed by atoms with E-state index in [1.807, 2.05) is 12.1 Å². The van der Waals surface area contributed by atoms with E-state index in [0.29, 0.717) is 15.9 Å². The Balaban J connectivity index is 2.08. The van der Waals surface area contributed by atoms with E-state index in [0.717, 1.165) is 29.8 Å². The molecule has 0 aromatic heterocycles. The van der Waals surface area contributed by atoms with Crippen molar-refractivity contribution in [1.29, 1.82) is 0 Å². The summed E-state index contributed by atoms with van der Waals surface area (Å²) in [4.78, 5) is 14.4. The number of benzene rings is 2. The van der Waals surface area contributed by atoms with Gasteiger partial charge in [-0.1, -0.05) is 65.5 Å². The van der Waals surface area contributed by atoms with E-state index in [2.05, 4.69) is 68.1 Å². The van der Waals surface area contributed by atoms with Crippen LogP contribution < -0.4 is 10.6 Å². The van der Waals surface area contributed by atoms with Crippen LogP contribution in [-0.4, -0.2) is 29.7 Å². The van der Waals surface area contributed by atoms with E-state index in [1.165, 1.54) is 17.7 Å². The standard InChI is InChI=1S/C24H26Br2F2N2O2S/c1-3-16-5-4-6-17(7-16)13-29-14-22(31)21(10-18-8-19(27)11-20(28)9-18)30-24(32)15(2)33-23(26)12-25/h4-9,11-12,21-22,29,31H,2-3,10,13-14H2,1H3,(H,30,32)/b23-12+. The van der Waals surface area contributed by atoms with Gasteiger partial charge in [0.25, 0.3) is 5.91 Å². The molecule has 0 heterocycles. The first-order valence-corrected chi connectivity index (χ1v) is 12.8. The van der Waals surface area contributed by atoms with Gasteiger partial charge in [-0.25, -0.2) is 8.78 Å². The van der Waals surface area contributed by atoms with Gasteiger partial charge in [-0.15, -0.1) is 0 Å². The molecule has 0 saturated heterocycles. The van der Waals surface area contributed by atoms with Crippen molar-refractivity contribution >= 4 is 49.5 Å². The van der Waals surface area contributed by atoms with Crippen LogP contribution in [0.1, 0.15) is 23.6 Å². The molecule has 4 nitrogen and oxygen atoms in total. The van der Waals surface area contributed by atoms with Crippen LogP contribution >= 0.6 is 43.6 Å². The number of carbonyl (C=O) groups excluding carboxylic acids is 1. The Morgan fingerprint density at radius 3 is 2.48 bits per heavy atom. The fourth-order valence-corrected chi connectivity index (χ4v) is 4.47. The van der Waals surface area contributed by atoms with Crippen LogP contribution in [0.4, 0.5) is 8.78 Å². The highest BCUT2D eigenvalue weighted by atomic mass is 79.9. The number of hydrogen-bond donors (Lipinski definition) is 3. The zero-order valence-electron chi connectivity index (χ0n) is 18.1. The maximum atomic E-state index is 13.7. The number of rotatable bonds is 12. The summed E-state index contributed by atoms with van der Waals surface area (Å²) < 4.78 is 28.0. The molecule has 0 aliphatic heterocycles. The molecule has 178 valence electrons. The maximum Gasteiger partial charge on any atom is 0.257 e. The maximum absolute atomic E-state index is 13.7. The first-order valence-electron chi connectivity index (χ1n) is 10.3. The number of nitrogens with one attached hydrogen (secondary N) is 2. The third kappa shape index (κ3) is 9.70. The number of aliphatic hydroxyl groups is 1. The first kappa shape index (κ1) is 27.7. The largest absolute Gasteiger partial charge is 0.390 e. The highest BCUT2D eigenvalue weighted by Gasteiger charge is 2.24. The Labute approximate surface area is 214 Å². The van der Waals surface area contributed by atoms with Gasteiger partial charge in [-0.2, -0.15) is 0 Å². The lowest BCUT2D eigenvalue weighted by Crippen LogP contribution is -2.48. The molecule has 2 unspecified atom stereocenters. The molecule has 0 aliphatic carbocycles. The van der Waals surface area contributed by atoms with Gasteiger partial charge in [0.05, 0.1) is 20.9 Å². The summed E-state index contributed by atoms with van der Waals surface area (Å²) in [6.45, 7) is 6.53. The number of carbonyl (C=O) groups is 1. The Morgan fingerprint density at radius 1 is 1.18 bits per heavy atom. The minimum Gasteiger partial charge on any atom is -0.390 e. The molecule has 0 bridgehead atoms. The molecule has 0 radical (unpaired) electrons. The van der Waals surface area contributed by atoms with E-state index in [1.54, 1.807) is 4.99 Å². The zero-order valence-corrected chi connectivity index (χ0v) is 22.1. The number of halogens is 4. The van der Waals surface area contributed by atoms with Crippen molar-refractivity contribution in [2.75, 3.05) is 6.54 Å². The summed E-state index contributed by atoms with van der Waals surface area (Å²) in [5.41, 5.74) is 2.62. The lowest BCUT2D eigenvalue weighted by atomic mass is 10.0. The number of aliphatic hydroxyl groups excluding tert-OH is 1. The van der Waals surface area contributed by atoms with Crippen molar-refractivity contribution in [2.24, 2.45) is 0 Å². The van der Waals surface area contributed by atoms with Gasteiger partial charge < -0.3 is 15.7 Å². The normalized spacial score (nSPS) is 13.5. The number of hydrogen-bond acceptors (Lipinski definition) is 4. The predicted molar refractivity (Wildman–Crippen MR) is 138 cm³/mol. The second-order valence-electron chi connectivity index (χ2n) is 7.37. The highest BCUT2D eigenvalue weighted by molar-refractivity contribution is 9.15. The molecule has 9 heteroatoms. The smallest absolute Gasteiger partial charge is 0.257 e. The van der Waals surface area contributed by atoms with Crippen LogP contribution in [0.2, 0.25) is 0 Å². The van der Waals surface area contributed by atoms with Gasteiger partial charge >= 0.3 is 0 Å². The quantitative estimate of drug-likeness (QED) is 0.279. The van der Waals surface area contributed by atoms with E-state index in [-0.39, 0.29) is 17.9 Å². The van der Waals surface area contributed by atoms with E-state index in [9.17, 15) is 18.7 Å². The van der Waals surface area contributed by atoms with Crippen molar-refractivity contribution in [3.05, 3.63) is 91.1 Å². The molecule has 0 saturated carbocycles. The molecule has 0 fully saturated rings. The second-order valence-corrected chi connectivity index (χ2v) is 10.3. The summed E-state index contributed by atoms with van der Waals surface area (Å²) >= 11 is 7.53. The Hall–Kier alpha value is -1.52. The molecule has 2 rings (SSSR count). The Bertz CT molecular complexity index is 984. The third-order valence-electron chi connectivity index (χ3n) is 4.80. The molecule has 1 amide bonds. The van der Waals surface area contributed by atoms with Gasteiger partial charge in [0, 0.05) is 24.1 Å². The SMILES string of the molecule is C=C(S/C(Br)=C/Br)C(=O)NC(Cc1cc(F)cc(F)c1)C(O)CNCc1cccc(CC)c1. The molecule has 2 atom stereocenters. The minimum absolute atomic E-state index is 0.0436. The van der Waals surface area contributed by atoms with Crippen LogP contribution in [0.3, 0.4) is 0 Å². The van der Waals surface area contributed by atoms with Crippen molar-refractivity contribution < 1.29 is 18.7 Å². The molecule has 0 spiro atoms. The second kappa shape index (κ2) is 14.0. The predicted octanol–water partition coefficient (Wildman–Crippen LogP) is 5.54. The van der Waals surface area contributed by atoms with Crippen molar-refractivity contribution in [3.8, 4) is 0 Å². The van der Waals surface area contributed by atoms with Crippen molar-refractivity contribution in [3.63, 3.8) is 0 Å². The average molecular weight is 604 g/mol. The Kier molecular flexibility index (Phi) is 11.8. The molecular formula is C24H26Br2F2N2O2S. The molecule has 33 heavy (non-hydrogen) atoms. The van der Waals surface area contributed by atoms with Crippen LogP contribution in [0, 0.1) is 11.6 Å². The molecule has 0 aliphatic rings. The highest BCUT2D eigenvalue weighted by Crippen LogP contribution is 2.30. The average Bonchev–Trinajstić information content (AvgIpc) is 2.77. The summed E-state index contributed by atoms with van der Waals surface area (Å²) in [5, 5.41) is 16.7. The zero-order chi connectivity index (χ0) is 24.4. The van der Waals surface area contributed by atoms with Gasteiger partial charge in [-0.3, -0.25) is 4.79 Å². The summed E-state index contributed by atoms with van der Waals surface area (Å²) in [7, 11) is 0. The van der Waals surface area contributed by atoms with Gasteiger partial charge in [-0.05, 0) is 57.6 Å². The third-order valence-corrected chi connectivity index (χ3v) is 7.64. The van der Waals surface area contributed by atoms with Crippen molar-refractivity contribution in [1.82, 2.24) is 10.6 Å². The lowest BCUT2D eigenvalue weighted by molar-refractivity contribution is -0.118. The summed E-state index contributed by atoms with van der Waals surface area (Å²) in [6.07, 6.45) is -0.0402. The first-order chi connectivity index (χ1) is 15.7. The van der Waals surface area contributed by atoms with E-state index in [4.69, 9.17) is 0 Å².